The predicted octanol–water partition coefficient (Wildman–Crippen LogP) is 6.68. The summed E-state index contributed by atoms with van der Waals surface area (Å²) in [5.41, 5.74) is 0. The summed E-state index contributed by atoms with van der Waals surface area (Å²) in [7, 11) is 0. The molecule has 0 heterocycles. The molecule has 3 nitrogen and oxygen atoms in total. The highest BCUT2D eigenvalue weighted by Gasteiger charge is 2.44. The summed E-state index contributed by atoms with van der Waals surface area (Å²) < 4.78 is 17.6. The van der Waals surface area contributed by atoms with Crippen LogP contribution < -0.4 is 0 Å². The highest BCUT2D eigenvalue weighted by Crippen LogP contribution is 2.35. The quantitative estimate of drug-likeness (QED) is 0.203. The van der Waals surface area contributed by atoms with Crippen LogP contribution in [0.2, 0.25) is 0 Å². The molecule has 0 aromatic rings. The van der Waals surface area contributed by atoms with E-state index in [1.165, 1.54) is 32.1 Å². The number of ether oxygens (including phenoxy) is 3. The zero-order chi connectivity index (χ0) is 17.9. The monoisotopic (exact) mass is 324 g/mol. The average molecular weight is 325 g/mol. The summed E-state index contributed by atoms with van der Waals surface area (Å²) in [4.78, 5) is 0. The smallest absolute Gasteiger partial charge is 0.418 e. The molecule has 0 aromatic carbocycles. The molecule has 1 atom stereocenters. The Morgan fingerprint density at radius 1 is 0.783 bits per heavy atom. The van der Waals surface area contributed by atoms with Gasteiger partial charge in [-0.1, -0.05) is 72.1 Å². The molecule has 0 amide bonds. The lowest BCUT2D eigenvalue weighted by atomic mass is 9.99. The van der Waals surface area contributed by atoms with Crippen LogP contribution >= 0.6 is 0 Å². The molecule has 3 heteroatoms. The summed E-state index contributed by atoms with van der Waals surface area (Å²) in [5, 5.41) is 0. The van der Waals surface area contributed by atoms with Crippen LogP contribution in [0.5, 0.6) is 0 Å². The van der Waals surface area contributed by atoms with Gasteiger partial charge in [0.25, 0.3) is 0 Å². The Hall–Kier alpha value is -1.38. The van der Waals surface area contributed by atoms with E-state index in [1.54, 1.807) is 20.8 Å². The first kappa shape index (κ1) is 21.6. The third kappa shape index (κ3) is 9.37. The van der Waals surface area contributed by atoms with Crippen LogP contribution in [0.4, 0.5) is 0 Å². The maximum Gasteiger partial charge on any atom is 0.418 e. The minimum atomic E-state index is -1.23. The lowest BCUT2D eigenvalue weighted by Gasteiger charge is -2.38. The van der Waals surface area contributed by atoms with E-state index in [0.717, 1.165) is 12.8 Å². The Balaban J connectivity index is 4.82. The molecular weight excluding hydrogens is 288 g/mol. The summed E-state index contributed by atoms with van der Waals surface area (Å²) in [6.45, 7) is 21.1. The lowest BCUT2D eigenvalue weighted by Crippen LogP contribution is -2.44. The van der Waals surface area contributed by atoms with Gasteiger partial charge in [0.05, 0.1) is 23.2 Å². The third-order valence-electron chi connectivity index (χ3n) is 3.54. The minimum absolute atomic E-state index is 0.0266. The van der Waals surface area contributed by atoms with E-state index >= 15 is 0 Å². The van der Waals surface area contributed by atoms with Crippen LogP contribution in [0.15, 0.2) is 37.0 Å². The lowest BCUT2D eigenvalue weighted by molar-refractivity contribution is -0.360. The summed E-state index contributed by atoms with van der Waals surface area (Å²) in [5.74, 6) is 0.429. The molecule has 0 fully saturated rings. The zero-order valence-corrected chi connectivity index (χ0v) is 15.9. The van der Waals surface area contributed by atoms with Crippen molar-refractivity contribution in [2.75, 3.05) is 0 Å². The Morgan fingerprint density at radius 3 is 1.57 bits per heavy atom. The van der Waals surface area contributed by atoms with Gasteiger partial charge in [0.15, 0.2) is 0 Å². The van der Waals surface area contributed by atoms with Crippen LogP contribution in [0.25, 0.3) is 0 Å². The first-order chi connectivity index (χ1) is 10.7. The van der Waals surface area contributed by atoms with Crippen molar-refractivity contribution < 1.29 is 14.2 Å². The minimum Gasteiger partial charge on any atom is -0.426 e. The molecule has 0 aromatic heterocycles. The molecule has 23 heavy (non-hydrogen) atoms. The summed E-state index contributed by atoms with van der Waals surface area (Å²) in [6.07, 6.45) is 8.44. The normalized spacial score (nSPS) is 12.4. The molecule has 0 aliphatic rings. The number of hydrogen-bond donors (Lipinski definition) is 0. The first-order valence-corrected chi connectivity index (χ1v) is 8.77. The van der Waals surface area contributed by atoms with Gasteiger partial charge in [-0.2, -0.15) is 0 Å². The van der Waals surface area contributed by atoms with Crippen molar-refractivity contribution in [2.45, 2.75) is 85.5 Å². The molecule has 0 rings (SSSR count). The van der Waals surface area contributed by atoms with Gasteiger partial charge in [-0.3, -0.25) is 0 Å². The molecule has 0 saturated carbocycles. The standard InChI is InChI=1S/C20H36O3/c1-9-10-11-12-13-14-15-19(8)20(21-16(2)3,22-17(4)5)23-18(6)7/h19H,2,4,6,9-15H2,1,3,5,7-8H3. The van der Waals surface area contributed by atoms with Gasteiger partial charge in [-0.25, -0.2) is 0 Å². The van der Waals surface area contributed by atoms with Gasteiger partial charge in [0, 0.05) is 0 Å². The van der Waals surface area contributed by atoms with E-state index < -0.39 is 5.97 Å². The van der Waals surface area contributed by atoms with Crippen LogP contribution in [0.3, 0.4) is 0 Å². The second kappa shape index (κ2) is 11.2. The van der Waals surface area contributed by atoms with Crippen LogP contribution in [0.1, 0.15) is 79.6 Å². The van der Waals surface area contributed by atoms with E-state index in [-0.39, 0.29) is 5.92 Å². The van der Waals surface area contributed by atoms with Crippen LogP contribution in [-0.4, -0.2) is 5.97 Å². The molecule has 0 saturated heterocycles. The molecular formula is C20H36O3. The van der Waals surface area contributed by atoms with Crippen molar-refractivity contribution in [1.82, 2.24) is 0 Å². The van der Waals surface area contributed by atoms with E-state index in [2.05, 4.69) is 33.6 Å². The van der Waals surface area contributed by atoms with Gasteiger partial charge in [-0.05, 0) is 27.2 Å². The fourth-order valence-corrected chi connectivity index (χ4v) is 2.50. The highest BCUT2D eigenvalue weighted by atomic mass is 16.9. The van der Waals surface area contributed by atoms with Crippen LogP contribution in [-0.2, 0) is 14.2 Å². The Kier molecular flexibility index (Phi) is 10.5. The van der Waals surface area contributed by atoms with Gasteiger partial charge in [0.1, 0.15) is 0 Å². The number of unbranched alkanes of at least 4 members (excludes halogenated alkanes) is 5. The Bertz CT molecular complexity index is 344. The van der Waals surface area contributed by atoms with Crippen molar-refractivity contribution >= 4 is 0 Å². The largest absolute Gasteiger partial charge is 0.426 e. The fourth-order valence-electron chi connectivity index (χ4n) is 2.50. The number of hydrogen-bond acceptors (Lipinski definition) is 3. The van der Waals surface area contributed by atoms with E-state index in [4.69, 9.17) is 14.2 Å². The Labute approximate surface area is 143 Å². The second-order valence-electron chi connectivity index (χ2n) is 6.47. The predicted molar refractivity (Wildman–Crippen MR) is 97.6 cm³/mol. The van der Waals surface area contributed by atoms with Crippen molar-refractivity contribution in [3.8, 4) is 0 Å². The highest BCUT2D eigenvalue weighted by molar-refractivity contribution is 4.89. The van der Waals surface area contributed by atoms with Crippen molar-refractivity contribution in [2.24, 2.45) is 5.92 Å². The molecule has 1 unspecified atom stereocenters. The third-order valence-corrected chi connectivity index (χ3v) is 3.54. The number of rotatable bonds is 14. The van der Waals surface area contributed by atoms with E-state index in [9.17, 15) is 0 Å². The molecule has 0 aliphatic heterocycles. The molecule has 0 bridgehead atoms. The maximum atomic E-state index is 5.86. The first-order valence-electron chi connectivity index (χ1n) is 8.77. The molecule has 134 valence electrons. The molecule has 0 N–H and O–H groups in total. The average Bonchev–Trinajstić information content (AvgIpc) is 2.39. The Morgan fingerprint density at radius 2 is 1.17 bits per heavy atom. The fraction of sp³-hybridized carbons (Fsp3) is 0.700. The maximum absolute atomic E-state index is 5.86. The van der Waals surface area contributed by atoms with Gasteiger partial charge >= 0.3 is 5.97 Å². The zero-order valence-electron chi connectivity index (χ0n) is 15.9. The van der Waals surface area contributed by atoms with Crippen molar-refractivity contribution in [3.05, 3.63) is 37.0 Å². The van der Waals surface area contributed by atoms with Gasteiger partial charge in [-0.15, -0.1) is 0 Å². The SMILES string of the molecule is C=C(C)OC(OC(=C)C)(OC(=C)C)C(C)CCCCCCCC. The topological polar surface area (TPSA) is 27.7 Å². The van der Waals surface area contributed by atoms with Gasteiger partial charge in [0.2, 0.25) is 0 Å². The van der Waals surface area contributed by atoms with E-state index in [0.29, 0.717) is 17.3 Å². The second-order valence-corrected chi connectivity index (χ2v) is 6.47. The van der Waals surface area contributed by atoms with Crippen molar-refractivity contribution in [1.29, 1.82) is 0 Å². The summed E-state index contributed by atoms with van der Waals surface area (Å²) >= 11 is 0. The van der Waals surface area contributed by atoms with Crippen LogP contribution in [0, 0.1) is 5.92 Å². The summed E-state index contributed by atoms with van der Waals surface area (Å²) in [6, 6.07) is 0. The van der Waals surface area contributed by atoms with E-state index in [1.807, 2.05) is 0 Å². The van der Waals surface area contributed by atoms with Crippen molar-refractivity contribution in [3.63, 3.8) is 0 Å². The molecule has 0 aliphatic carbocycles. The molecule has 0 radical (unpaired) electrons. The number of allylic oxidation sites excluding steroid dienone is 3. The van der Waals surface area contributed by atoms with Gasteiger partial charge < -0.3 is 14.2 Å². The molecule has 0 spiro atoms.